The van der Waals surface area contributed by atoms with E-state index in [1.54, 1.807) is 6.07 Å². The van der Waals surface area contributed by atoms with Crippen LogP contribution in [-0.4, -0.2) is 24.7 Å². The van der Waals surface area contributed by atoms with Crippen molar-refractivity contribution in [3.05, 3.63) is 46.2 Å². The van der Waals surface area contributed by atoms with Gasteiger partial charge in [-0.15, -0.1) is 5.10 Å². The zero-order valence-electron chi connectivity index (χ0n) is 12.7. The highest BCUT2D eigenvalue weighted by molar-refractivity contribution is 9.10. The lowest BCUT2D eigenvalue weighted by Gasteiger charge is -2.07. The molecule has 3 aromatic rings. The van der Waals surface area contributed by atoms with E-state index in [1.165, 1.54) is 19.2 Å². The smallest absolute Gasteiger partial charge is 0.350 e. The third-order valence-corrected chi connectivity index (χ3v) is 3.71. The van der Waals surface area contributed by atoms with Gasteiger partial charge in [-0.3, -0.25) is 0 Å². The highest BCUT2D eigenvalue weighted by Gasteiger charge is 2.34. The Balaban J connectivity index is 1.81. The minimum atomic E-state index is -4.58. The van der Waals surface area contributed by atoms with Crippen LogP contribution in [0.5, 0.6) is 0 Å². The summed E-state index contributed by atoms with van der Waals surface area (Å²) < 4.78 is 54.1. The molecule has 2 N–H and O–H groups in total. The van der Waals surface area contributed by atoms with E-state index in [9.17, 15) is 17.6 Å². The largest absolute Gasteiger partial charge is 0.434 e. The summed E-state index contributed by atoms with van der Waals surface area (Å²) in [5.74, 6) is -0.362. The second-order valence-electron chi connectivity index (χ2n) is 5.18. The number of alkyl halides is 3. The summed E-state index contributed by atoms with van der Waals surface area (Å²) in [6.45, 7) is 0.257. The first-order valence-electron chi connectivity index (χ1n) is 6.95. The third kappa shape index (κ3) is 3.81. The van der Waals surface area contributed by atoms with E-state index in [0.29, 0.717) is 16.2 Å². The average Bonchev–Trinajstić information content (AvgIpc) is 3.11. The Morgan fingerprint density at radius 3 is 2.60 bits per heavy atom. The highest BCUT2D eigenvalue weighted by Crippen LogP contribution is 2.31. The number of halogens is 5. The molecule has 0 unspecified atom stereocenters. The summed E-state index contributed by atoms with van der Waals surface area (Å²) in [6, 6.07) is 4.22. The molecule has 2 heterocycles. The van der Waals surface area contributed by atoms with E-state index in [4.69, 9.17) is 0 Å². The fourth-order valence-corrected chi connectivity index (χ4v) is 2.48. The van der Waals surface area contributed by atoms with Gasteiger partial charge in [0.15, 0.2) is 5.69 Å². The molecule has 0 aliphatic rings. The fourth-order valence-electron chi connectivity index (χ4n) is 2.21. The topological polar surface area (TPSA) is 71.4 Å². The number of H-pyrrole nitrogens is 1. The quantitative estimate of drug-likeness (QED) is 0.633. The number of imidazole rings is 1. The normalized spacial score (nSPS) is 11.8. The van der Waals surface area contributed by atoms with Crippen molar-refractivity contribution in [2.45, 2.75) is 12.7 Å². The Morgan fingerprint density at radius 1 is 1.28 bits per heavy atom. The molecule has 0 radical (unpaired) electrons. The molecular weight excluding hydrogens is 408 g/mol. The molecule has 0 saturated heterocycles. The number of benzene rings is 1. The van der Waals surface area contributed by atoms with E-state index >= 15 is 0 Å². The molecule has 1 aromatic carbocycles. The van der Waals surface area contributed by atoms with Gasteiger partial charge >= 0.3 is 6.18 Å². The first-order valence-corrected chi connectivity index (χ1v) is 7.74. The van der Waals surface area contributed by atoms with Crippen LogP contribution in [0.25, 0.3) is 11.4 Å². The van der Waals surface area contributed by atoms with E-state index in [2.05, 4.69) is 41.4 Å². The molecule has 0 atom stereocenters. The lowest BCUT2D eigenvalue weighted by atomic mass is 10.1. The van der Waals surface area contributed by atoms with E-state index < -0.39 is 17.7 Å². The predicted octanol–water partition coefficient (Wildman–Crippen LogP) is 3.74. The van der Waals surface area contributed by atoms with Crippen molar-refractivity contribution >= 4 is 21.9 Å². The lowest BCUT2D eigenvalue weighted by molar-refractivity contribution is -0.140. The number of anilines is 1. The van der Waals surface area contributed by atoms with Crippen LogP contribution in [0.1, 0.15) is 11.3 Å². The first kappa shape index (κ1) is 17.4. The second-order valence-corrected chi connectivity index (χ2v) is 5.89. The van der Waals surface area contributed by atoms with Gasteiger partial charge in [-0.2, -0.15) is 18.2 Å². The minimum absolute atomic E-state index is 0.0100. The van der Waals surface area contributed by atoms with E-state index in [1.807, 2.05) is 0 Å². The van der Waals surface area contributed by atoms with Gasteiger partial charge in [0, 0.05) is 19.8 Å². The van der Waals surface area contributed by atoms with Crippen molar-refractivity contribution in [1.82, 2.24) is 24.7 Å². The fraction of sp³-hybridized carbons (Fsp3) is 0.214. The molecule has 132 valence electrons. The van der Waals surface area contributed by atoms with Crippen molar-refractivity contribution in [2.24, 2.45) is 7.05 Å². The zero-order chi connectivity index (χ0) is 18.2. The predicted molar refractivity (Wildman–Crippen MR) is 85.0 cm³/mol. The van der Waals surface area contributed by atoms with E-state index in [0.717, 1.165) is 10.8 Å². The molecule has 25 heavy (non-hydrogen) atoms. The van der Waals surface area contributed by atoms with Gasteiger partial charge in [-0.05, 0) is 33.6 Å². The average molecular weight is 419 g/mol. The maximum absolute atomic E-state index is 14.3. The molecule has 11 heteroatoms. The first-order chi connectivity index (χ1) is 11.7. The summed E-state index contributed by atoms with van der Waals surface area (Å²) in [6.07, 6.45) is -3.76. The molecule has 0 fully saturated rings. The Morgan fingerprint density at radius 2 is 2.04 bits per heavy atom. The van der Waals surface area contributed by atoms with Crippen LogP contribution >= 0.6 is 15.9 Å². The zero-order valence-corrected chi connectivity index (χ0v) is 14.3. The standard InChI is InChI=1S/C14H11BrF4N6/c1-25-6-10(14(17,18)19)21-11(25)8-3-2-7(4-9(8)16)5-20-13-22-12(15)23-24-13/h2-4,6H,5H2,1H3,(H2,20,22,23,24). The second kappa shape index (κ2) is 6.47. The molecule has 0 aliphatic heterocycles. The number of hydrogen-bond acceptors (Lipinski definition) is 4. The molecule has 0 saturated carbocycles. The molecule has 2 aromatic heterocycles. The Bertz CT molecular complexity index is 901. The Kier molecular flexibility index (Phi) is 4.50. The van der Waals surface area contributed by atoms with Crippen LogP contribution in [-0.2, 0) is 19.8 Å². The SMILES string of the molecule is Cn1cc(C(F)(F)F)nc1-c1ccc(CNc2nc(Br)n[nH]2)cc1F. The van der Waals surface area contributed by atoms with Gasteiger partial charge in [-0.1, -0.05) is 6.07 Å². The summed E-state index contributed by atoms with van der Waals surface area (Å²) in [5.41, 5.74) is -0.491. The number of aryl methyl sites for hydroxylation is 1. The highest BCUT2D eigenvalue weighted by atomic mass is 79.9. The summed E-state index contributed by atoms with van der Waals surface area (Å²) in [4.78, 5) is 7.47. The summed E-state index contributed by atoms with van der Waals surface area (Å²) in [5, 5.41) is 9.30. The van der Waals surface area contributed by atoms with Crippen LogP contribution < -0.4 is 5.32 Å². The van der Waals surface area contributed by atoms with E-state index in [-0.39, 0.29) is 17.9 Å². The monoisotopic (exact) mass is 418 g/mol. The van der Waals surface area contributed by atoms with Crippen LogP contribution in [0.2, 0.25) is 0 Å². The van der Waals surface area contributed by atoms with Crippen LogP contribution in [0.15, 0.2) is 29.1 Å². The Hall–Kier alpha value is -2.43. The van der Waals surface area contributed by atoms with Crippen LogP contribution in [0.3, 0.4) is 0 Å². The van der Waals surface area contributed by atoms with Crippen molar-refractivity contribution < 1.29 is 17.6 Å². The molecular formula is C14H11BrF4N6. The number of aromatic nitrogens is 5. The van der Waals surface area contributed by atoms with Crippen molar-refractivity contribution in [3.63, 3.8) is 0 Å². The molecule has 3 rings (SSSR count). The number of nitrogens with zero attached hydrogens (tertiary/aromatic N) is 4. The van der Waals surface area contributed by atoms with Crippen molar-refractivity contribution in [3.8, 4) is 11.4 Å². The van der Waals surface area contributed by atoms with Crippen molar-refractivity contribution in [1.29, 1.82) is 0 Å². The number of nitrogens with one attached hydrogen (secondary N) is 2. The van der Waals surface area contributed by atoms with Gasteiger partial charge in [0.25, 0.3) is 0 Å². The van der Waals surface area contributed by atoms with Gasteiger partial charge in [0.05, 0.1) is 5.56 Å². The maximum atomic E-state index is 14.3. The lowest BCUT2D eigenvalue weighted by Crippen LogP contribution is -2.05. The molecule has 0 spiro atoms. The Labute approximate surface area is 147 Å². The molecule has 0 bridgehead atoms. The van der Waals surface area contributed by atoms with Gasteiger partial charge in [-0.25, -0.2) is 14.5 Å². The third-order valence-electron chi connectivity index (χ3n) is 3.36. The maximum Gasteiger partial charge on any atom is 0.434 e. The number of rotatable bonds is 4. The van der Waals surface area contributed by atoms with Crippen LogP contribution in [0, 0.1) is 5.82 Å². The molecule has 0 aliphatic carbocycles. The molecule has 6 nitrogen and oxygen atoms in total. The van der Waals surface area contributed by atoms with Crippen molar-refractivity contribution in [2.75, 3.05) is 5.32 Å². The molecule has 0 amide bonds. The summed E-state index contributed by atoms with van der Waals surface area (Å²) >= 11 is 3.09. The summed E-state index contributed by atoms with van der Waals surface area (Å²) in [7, 11) is 1.38. The van der Waals surface area contributed by atoms with Crippen LogP contribution in [0.4, 0.5) is 23.5 Å². The van der Waals surface area contributed by atoms with Gasteiger partial charge in [0.1, 0.15) is 11.6 Å². The minimum Gasteiger partial charge on any atom is -0.350 e. The number of hydrogen-bond donors (Lipinski definition) is 2. The van der Waals surface area contributed by atoms with Gasteiger partial charge in [0.2, 0.25) is 10.7 Å². The number of aromatic amines is 1. The van der Waals surface area contributed by atoms with Gasteiger partial charge < -0.3 is 9.88 Å².